The van der Waals surface area contributed by atoms with E-state index in [-0.39, 0.29) is 0 Å². The first-order valence-corrected chi connectivity index (χ1v) is 6.09. The van der Waals surface area contributed by atoms with Gasteiger partial charge in [0.1, 0.15) is 17.5 Å². The second kappa shape index (κ2) is 5.79. The molecule has 1 aliphatic heterocycles. The van der Waals surface area contributed by atoms with Gasteiger partial charge in [0.05, 0.1) is 19.9 Å². The number of rotatable bonds is 4. The van der Waals surface area contributed by atoms with Crippen molar-refractivity contribution in [1.29, 1.82) is 0 Å². The number of ether oxygens (including phenoxy) is 2. The summed E-state index contributed by atoms with van der Waals surface area (Å²) in [5, 5.41) is 12.1. The standard InChI is InChI=1S/C13H18N2O4/c1-18-9-3-4-12(19-2)11(7-9)15-6-5-14-10(8-15)13(16)17/h3-4,7,10,14H,5-6,8H2,1-2H3,(H,16,17). The van der Waals surface area contributed by atoms with Gasteiger partial charge in [-0.15, -0.1) is 0 Å². The molecule has 1 atom stereocenters. The number of methoxy groups -OCH3 is 2. The summed E-state index contributed by atoms with van der Waals surface area (Å²) in [6, 6.07) is 4.94. The smallest absolute Gasteiger partial charge is 0.322 e. The van der Waals surface area contributed by atoms with Gasteiger partial charge in [-0.3, -0.25) is 4.79 Å². The lowest BCUT2D eigenvalue weighted by Gasteiger charge is -2.34. The molecule has 1 aromatic carbocycles. The molecule has 0 saturated carbocycles. The summed E-state index contributed by atoms with van der Waals surface area (Å²) in [5.41, 5.74) is 0.856. The number of nitrogens with zero attached hydrogens (tertiary/aromatic N) is 1. The summed E-state index contributed by atoms with van der Waals surface area (Å²) >= 11 is 0. The van der Waals surface area contributed by atoms with Crippen LogP contribution in [0.2, 0.25) is 0 Å². The Bertz CT molecular complexity index is 464. The van der Waals surface area contributed by atoms with E-state index < -0.39 is 12.0 Å². The molecule has 1 aliphatic rings. The summed E-state index contributed by atoms with van der Waals surface area (Å²) < 4.78 is 10.5. The lowest BCUT2D eigenvalue weighted by molar-refractivity contribution is -0.139. The number of hydrogen-bond acceptors (Lipinski definition) is 5. The van der Waals surface area contributed by atoms with Crippen molar-refractivity contribution < 1.29 is 19.4 Å². The molecule has 2 N–H and O–H groups in total. The zero-order chi connectivity index (χ0) is 13.8. The lowest BCUT2D eigenvalue weighted by atomic mass is 10.1. The quantitative estimate of drug-likeness (QED) is 0.830. The zero-order valence-corrected chi connectivity index (χ0v) is 11.0. The molecule has 0 amide bonds. The third-order valence-electron chi connectivity index (χ3n) is 3.20. The van der Waals surface area contributed by atoms with E-state index >= 15 is 0 Å². The van der Waals surface area contributed by atoms with Crippen molar-refractivity contribution >= 4 is 11.7 Å². The van der Waals surface area contributed by atoms with Crippen LogP contribution < -0.4 is 19.7 Å². The van der Waals surface area contributed by atoms with Crippen LogP contribution in [0.25, 0.3) is 0 Å². The third-order valence-corrected chi connectivity index (χ3v) is 3.20. The number of hydrogen-bond donors (Lipinski definition) is 2. The van der Waals surface area contributed by atoms with Crippen molar-refractivity contribution in [3.05, 3.63) is 18.2 Å². The highest BCUT2D eigenvalue weighted by molar-refractivity contribution is 5.75. The highest BCUT2D eigenvalue weighted by Gasteiger charge is 2.26. The molecule has 19 heavy (non-hydrogen) atoms. The van der Waals surface area contributed by atoms with Crippen molar-refractivity contribution in [2.75, 3.05) is 38.8 Å². The fourth-order valence-electron chi connectivity index (χ4n) is 2.18. The van der Waals surface area contributed by atoms with Crippen LogP contribution >= 0.6 is 0 Å². The van der Waals surface area contributed by atoms with Crippen molar-refractivity contribution in [3.63, 3.8) is 0 Å². The van der Waals surface area contributed by atoms with E-state index in [0.29, 0.717) is 18.8 Å². The summed E-state index contributed by atoms with van der Waals surface area (Å²) in [7, 11) is 3.20. The number of nitrogens with one attached hydrogen (secondary N) is 1. The van der Waals surface area contributed by atoms with E-state index in [0.717, 1.165) is 18.0 Å². The largest absolute Gasteiger partial charge is 0.497 e. The molecule has 2 rings (SSSR count). The van der Waals surface area contributed by atoms with Crippen LogP contribution in [0.15, 0.2) is 18.2 Å². The number of aliphatic carboxylic acids is 1. The number of carbonyl (C=O) groups is 1. The van der Waals surface area contributed by atoms with Crippen LogP contribution in [-0.2, 0) is 4.79 Å². The van der Waals surface area contributed by atoms with E-state index in [1.54, 1.807) is 14.2 Å². The van der Waals surface area contributed by atoms with Gasteiger partial charge in [0, 0.05) is 25.7 Å². The van der Waals surface area contributed by atoms with Crippen molar-refractivity contribution in [2.45, 2.75) is 6.04 Å². The average molecular weight is 266 g/mol. The minimum Gasteiger partial charge on any atom is -0.497 e. The number of carboxylic acids is 1. The van der Waals surface area contributed by atoms with Gasteiger partial charge in [-0.2, -0.15) is 0 Å². The molecule has 0 spiro atoms. The number of benzene rings is 1. The SMILES string of the molecule is COc1ccc(OC)c(N2CCNC(C(=O)O)C2)c1. The van der Waals surface area contributed by atoms with Crippen LogP contribution in [0.1, 0.15) is 0 Å². The normalized spacial score (nSPS) is 19.1. The molecule has 6 heteroatoms. The first kappa shape index (κ1) is 13.5. The molecule has 1 saturated heterocycles. The molecule has 1 heterocycles. The second-order valence-electron chi connectivity index (χ2n) is 4.33. The molecule has 1 unspecified atom stereocenters. The maximum absolute atomic E-state index is 11.1. The molecule has 1 fully saturated rings. The van der Waals surface area contributed by atoms with E-state index in [1.165, 1.54) is 0 Å². The van der Waals surface area contributed by atoms with E-state index in [1.807, 2.05) is 23.1 Å². The van der Waals surface area contributed by atoms with Gasteiger partial charge in [-0.1, -0.05) is 0 Å². The third kappa shape index (κ3) is 2.90. The van der Waals surface area contributed by atoms with Gasteiger partial charge < -0.3 is 24.8 Å². The Kier molecular flexibility index (Phi) is 4.11. The Hall–Kier alpha value is -1.95. The Morgan fingerprint density at radius 1 is 1.42 bits per heavy atom. The van der Waals surface area contributed by atoms with Gasteiger partial charge >= 0.3 is 5.97 Å². The molecule has 0 aromatic heterocycles. The maximum atomic E-state index is 11.1. The maximum Gasteiger partial charge on any atom is 0.322 e. The Balaban J connectivity index is 2.26. The second-order valence-corrected chi connectivity index (χ2v) is 4.33. The molecular weight excluding hydrogens is 248 g/mol. The molecule has 104 valence electrons. The van der Waals surface area contributed by atoms with Gasteiger partial charge in [0.15, 0.2) is 0 Å². The number of anilines is 1. The Morgan fingerprint density at radius 3 is 2.84 bits per heavy atom. The van der Waals surface area contributed by atoms with E-state index in [2.05, 4.69) is 5.32 Å². The van der Waals surface area contributed by atoms with Crippen LogP contribution in [0.5, 0.6) is 11.5 Å². The average Bonchev–Trinajstić information content (AvgIpc) is 2.46. The zero-order valence-electron chi connectivity index (χ0n) is 11.0. The summed E-state index contributed by atoms with van der Waals surface area (Å²) in [6.07, 6.45) is 0. The first-order chi connectivity index (χ1) is 9.15. The fourth-order valence-corrected chi connectivity index (χ4v) is 2.18. The number of carboxylic acid groups (broad SMARTS) is 1. The summed E-state index contributed by atoms with van der Waals surface area (Å²) in [4.78, 5) is 13.1. The van der Waals surface area contributed by atoms with E-state index in [4.69, 9.17) is 14.6 Å². The number of piperazine rings is 1. The van der Waals surface area contributed by atoms with Gasteiger partial charge in [-0.05, 0) is 12.1 Å². The van der Waals surface area contributed by atoms with Crippen LogP contribution in [0.3, 0.4) is 0 Å². The Labute approximate surface area is 111 Å². The predicted octanol–water partition coefficient (Wildman–Crippen LogP) is 0.567. The lowest BCUT2D eigenvalue weighted by Crippen LogP contribution is -2.54. The first-order valence-electron chi connectivity index (χ1n) is 6.09. The Morgan fingerprint density at radius 2 is 2.21 bits per heavy atom. The van der Waals surface area contributed by atoms with Gasteiger partial charge in [0.2, 0.25) is 0 Å². The highest BCUT2D eigenvalue weighted by Crippen LogP contribution is 2.32. The molecule has 1 aromatic rings. The molecule has 0 radical (unpaired) electrons. The summed E-state index contributed by atoms with van der Waals surface area (Å²) in [6.45, 7) is 1.75. The predicted molar refractivity (Wildman–Crippen MR) is 71.2 cm³/mol. The molecule has 6 nitrogen and oxygen atoms in total. The fraction of sp³-hybridized carbons (Fsp3) is 0.462. The van der Waals surface area contributed by atoms with Crippen molar-refractivity contribution in [1.82, 2.24) is 5.32 Å². The molecular formula is C13H18N2O4. The van der Waals surface area contributed by atoms with Gasteiger partial charge in [-0.25, -0.2) is 0 Å². The van der Waals surface area contributed by atoms with Crippen LogP contribution in [0, 0.1) is 0 Å². The van der Waals surface area contributed by atoms with Crippen LogP contribution in [-0.4, -0.2) is 51.0 Å². The summed E-state index contributed by atoms with van der Waals surface area (Å²) in [5.74, 6) is 0.597. The van der Waals surface area contributed by atoms with Gasteiger partial charge in [0.25, 0.3) is 0 Å². The molecule has 0 bridgehead atoms. The van der Waals surface area contributed by atoms with Crippen molar-refractivity contribution in [3.8, 4) is 11.5 Å². The van der Waals surface area contributed by atoms with Crippen LogP contribution in [0.4, 0.5) is 5.69 Å². The van der Waals surface area contributed by atoms with E-state index in [9.17, 15) is 4.79 Å². The van der Waals surface area contributed by atoms with Crippen molar-refractivity contribution in [2.24, 2.45) is 0 Å². The monoisotopic (exact) mass is 266 g/mol. The minimum atomic E-state index is -0.841. The molecule has 0 aliphatic carbocycles. The highest BCUT2D eigenvalue weighted by atomic mass is 16.5. The topological polar surface area (TPSA) is 71.0 Å². The minimum absolute atomic E-state index is 0.402.